The molecule has 1 atom stereocenters. The Kier molecular flexibility index (Phi) is 8.14. The van der Waals surface area contributed by atoms with E-state index in [1.807, 2.05) is 78.9 Å². The molecule has 0 saturated heterocycles. The molecule has 180 valence electrons. The van der Waals surface area contributed by atoms with Gasteiger partial charge in [0.1, 0.15) is 29.5 Å². The molecule has 7 nitrogen and oxygen atoms in total. The lowest BCUT2D eigenvalue weighted by molar-refractivity contribution is 0.0995. The van der Waals surface area contributed by atoms with E-state index < -0.39 is 12.0 Å². The summed E-state index contributed by atoms with van der Waals surface area (Å²) >= 11 is 0. The number of carbonyl (C=O) groups is 1. The molecule has 35 heavy (non-hydrogen) atoms. The standard InChI is InChI=1S/C28H29N3O4/c29-28(33)26-18-31(20-30-26)17-23(32)9-6-8-22-7-4-5-12-27(22)34-19-21-13-15-25(16-14-21)35-24-10-2-1-3-11-24/h1-5,7,10-16,18,20,23,32H,6,8-9,17,19H2,(H2,29,33)/t23-/m0/s1. The van der Waals surface area contributed by atoms with Crippen molar-refractivity contribution in [3.8, 4) is 17.2 Å². The average Bonchev–Trinajstić information content (AvgIpc) is 3.34. The number of carbonyl (C=O) groups excluding carboxylic acids is 1. The predicted molar refractivity (Wildman–Crippen MR) is 133 cm³/mol. The van der Waals surface area contributed by atoms with Crippen LogP contribution in [0.2, 0.25) is 0 Å². The van der Waals surface area contributed by atoms with Crippen LogP contribution in [-0.2, 0) is 19.6 Å². The van der Waals surface area contributed by atoms with Crippen LogP contribution in [0.15, 0.2) is 91.4 Å². The molecule has 0 bridgehead atoms. The van der Waals surface area contributed by atoms with E-state index in [0.29, 0.717) is 19.6 Å². The number of amides is 1. The predicted octanol–water partition coefficient (Wildman–Crippen LogP) is 4.74. The zero-order chi connectivity index (χ0) is 24.5. The van der Waals surface area contributed by atoms with Gasteiger partial charge in [-0.2, -0.15) is 0 Å². The first-order chi connectivity index (χ1) is 17.1. The number of imidazole rings is 1. The maximum Gasteiger partial charge on any atom is 0.268 e. The first-order valence-electron chi connectivity index (χ1n) is 11.6. The summed E-state index contributed by atoms with van der Waals surface area (Å²) in [6.07, 6.45) is 4.70. The molecular formula is C28H29N3O4. The Balaban J connectivity index is 1.25. The number of nitrogens with zero attached hydrogens (tertiary/aromatic N) is 2. The summed E-state index contributed by atoms with van der Waals surface area (Å²) in [4.78, 5) is 15.1. The van der Waals surface area contributed by atoms with E-state index in [1.54, 1.807) is 10.8 Å². The quantitative estimate of drug-likeness (QED) is 0.311. The minimum absolute atomic E-state index is 0.196. The van der Waals surface area contributed by atoms with Crippen molar-refractivity contribution in [3.63, 3.8) is 0 Å². The third-order valence-corrected chi connectivity index (χ3v) is 5.56. The number of para-hydroxylation sites is 2. The molecule has 0 aliphatic heterocycles. The number of hydrogen-bond donors (Lipinski definition) is 2. The van der Waals surface area contributed by atoms with Crippen LogP contribution in [0, 0.1) is 0 Å². The second-order valence-electron chi connectivity index (χ2n) is 8.32. The number of ether oxygens (including phenoxy) is 2. The highest BCUT2D eigenvalue weighted by atomic mass is 16.5. The Morgan fingerprint density at radius 3 is 2.43 bits per heavy atom. The minimum atomic E-state index is -0.577. The maximum absolute atomic E-state index is 11.2. The normalized spacial score (nSPS) is 11.7. The Morgan fingerprint density at radius 2 is 1.69 bits per heavy atom. The van der Waals surface area contributed by atoms with Crippen molar-refractivity contribution >= 4 is 5.91 Å². The SMILES string of the molecule is NC(=O)c1cn(C[C@@H](O)CCCc2ccccc2OCc2ccc(Oc3ccccc3)cc2)cn1. The van der Waals surface area contributed by atoms with Crippen molar-refractivity contribution < 1.29 is 19.4 Å². The molecule has 0 aliphatic rings. The van der Waals surface area contributed by atoms with Gasteiger partial charge in [-0.25, -0.2) is 4.98 Å². The Hall–Kier alpha value is -4.10. The molecule has 0 fully saturated rings. The number of hydrogen-bond acceptors (Lipinski definition) is 5. The van der Waals surface area contributed by atoms with E-state index >= 15 is 0 Å². The Bertz CT molecular complexity index is 1220. The summed E-state index contributed by atoms with van der Waals surface area (Å²) in [5.74, 6) is 1.84. The highest BCUT2D eigenvalue weighted by molar-refractivity contribution is 5.90. The van der Waals surface area contributed by atoms with Crippen molar-refractivity contribution in [2.75, 3.05) is 0 Å². The minimum Gasteiger partial charge on any atom is -0.489 e. The van der Waals surface area contributed by atoms with Gasteiger partial charge in [0.05, 0.1) is 12.4 Å². The molecule has 1 heterocycles. The van der Waals surface area contributed by atoms with Crippen LogP contribution in [0.5, 0.6) is 17.2 Å². The first-order valence-corrected chi connectivity index (χ1v) is 11.6. The van der Waals surface area contributed by atoms with Gasteiger partial charge in [0.15, 0.2) is 0 Å². The molecule has 0 spiro atoms. The van der Waals surface area contributed by atoms with Gasteiger partial charge in [0.25, 0.3) is 5.91 Å². The highest BCUT2D eigenvalue weighted by Crippen LogP contribution is 2.24. The summed E-state index contributed by atoms with van der Waals surface area (Å²) in [7, 11) is 0. The van der Waals surface area contributed by atoms with Crippen molar-refractivity contribution in [2.45, 2.75) is 38.5 Å². The molecule has 0 unspecified atom stereocenters. The van der Waals surface area contributed by atoms with Crippen LogP contribution >= 0.6 is 0 Å². The van der Waals surface area contributed by atoms with E-state index in [9.17, 15) is 9.90 Å². The molecule has 4 rings (SSSR count). The molecule has 0 radical (unpaired) electrons. The molecular weight excluding hydrogens is 442 g/mol. The van der Waals surface area contributed by atoms with Gasteiger partial charge >= 0.3 is 0 Å². The fourth-order valence-electron chi connectivity index (χ4n) is 3.74. The number of aromatic nitrogens is 2. The van der Waals surface area contributed by atoms with E-state index in [1.165, 1.54) is 6.33 Å². The van der Waals surface area contributed by atoms with Gasteiger partial charge in [0.2, 0.25) is 0 Å². The fraction of sp³-hybridized carbons (Fsp3) is 0.214. The molecule has 7 heteroatoms. The average molecular weight is 472 g/mol. The number of aliphatic hydroxyl groups excluding tert-OH is 1. The van der Waals surface area contributed by atoms with Crippen molar-refractivity contribution in [2.24, 2.45) is 5.73 Å². The summed E-state index contributed by atoms with van der Waals surface area (Å²) in [6, 6.07) is 25.5. The largest absolute Gasteiger partial charge is 0.489 e. The lowest BCUT2D eigenvalue weighted by Crippen LogP contribution is -2.15. The smallest absolute Gasteiger partial charge is 0.268 e. The van der Waals surface area contributed by atoms with Gasteiger partial charge in [0, 0.05) is 12.7 Å². The molecule has 1 aromatic heterocycles. The third kappa shape index (κ3) is 7.19. The van der Waals surface area contributed by atoms with Crippen LogP contribution < -0.4 is 15.2 Å². The zero-order valence-corrected chi connectivity index (χ0v) is 19.4. The number of nitrogens with two attached hydrogens (primary N) is 1. The zero-order valence-electron chi connectivity index (χ0n) is 19.4. The third-order valence-electron chi connectivity index (χ3n) is 5.56. The summed E-state index contributed by atoms with van der Waals surface area (Å²) in [5, 5.41) is 10.4. The van der Waals surface area contributed by atoms with Gasteiger partial charge in [-0.3, -0.25) is 4.79 Å². The van der Waals surface area contributed by atoms with Crippen LogP contribution in [0.3, 0.4) is 0 Å². The fourth-order valence-corrected chi connectivity index (χ4v) is 3.74. The Morgan fingerprint density at radius 1 is 0.971 bits per heavy atom. The van der Waals surface area contributed by atoms with E-state index in [4.69, 9.17) is 15.2 Å². The number of primary amides is 1. The topological polar surface area (TPSA) is 99.6 Å². The molecule has 1 amide bonds. The summed E-state index contributed by atoms with van der Waals surface area (Å²) in [5.41, 5.74) is 7.56. The Labute approximate surface area is 204 Å². The highest BCUT2D eigenvalue weighted by Gasteiger charge is 2.10. The monoisotopic (exact) mass is 471 g/mol. The van der Waals surface area contributed by atoms with Gasteiger partial charge in [-0.15, -0.1) is 0 Å². The van der Waals surface area contributed by atoms with Gasteiger partial charge in [-0.05, 0) is 60.7 Å². The van der Waals surface area contributed by atoms with Crippen LogP contribution in [-0.4, -0.2) is 26.7 Å². The number of benzene rings is 3. The van der Waals surface area contributed by atoms with Crippen molar-refractivity contribution in [1.29, 1.82) is 0 Å². The number of aryl methyl sites for hydroxylation is 1. The van der Waals surface area contributed by atoms with E-state index in [0.717, 1.165) is 41.2 Å². The van der Waals surface area contributed by atoms with Crippen LogP contribution in [0.4, 0.5) is 0 Å². The van der Waals surface area contributed by atoms with Crippen LogP contribution in [0.1, 0.15) is 34.5 Å². The lowest BCUT2D eigenvalue weighted by Gasteiger charge is -2.14. The molecule has 3 aromatic carbocycles. The van der Waals surface area contributed by atoms with Crippen molar-refractivity contribution in [1.82, 2.24) is 9.55 Å². The maximum atomic E-state index is 11.2. The van der Waals surface area contributed by atoms with E-state index in [-0.39, 0.29) is 5.69 Å². The van der Waals surface area contributed by atoms with E-state index in [2.05, 4.69) is 4.98 Å². The first kappa shape index (κ1) is 24.0. The van der Waals surface area contributed by atoms with Gasteiger partial charge in [-0.1, -0.05) is 48.5 Å². The molecule has 0 aliphatic carbocycles. The molecule has 0 saturated carbocycles. The van der Waals surface area contributed by atoms with Gasteiger partial charge < -0.3 is 24.9 Å². The number of rotatable bonds is 12. The lowest BCUT2D eigenvalue weighted by atomic mass is 10.0. The second-order valence-corrected chi connectivity index (χ2v) is 8.32. The number of aliphatic hydroxyl groups is 1. The van der Waals surface area contributed by atoms with Crippen LogP contribution in [0.25, 0.3) is 0 Å². The summed E-state index contributed by atoms with van der Waals surface area (Å²) < 4.78 is 13.6. The molecule has 3 N–H and O–H groups in total. The molecule has 4 aromatic rings. The second kappa shape index (κ2) is 11.9. The summed E-state index contributed by atoms with van der Waals surface area (Å²) in [6.45, 7) is 0.816. The van der Waals surface area contributed by atoms with Crippen molar-refractivity contribution in [3.05, 3.63) is 108 Å².